The molecule has 0 aliphatic carbocycles. The summed E-state index contributed by atoms with van der Waals surface area (Å²) in [5.41, 5.74) is 4.75. The molecule has 3 aliphatic rings. The van der Waals surface area contributed by atoms with E-state index in [0.29, 0.717) is 12.0 Å². The van der Waals surface area contributed by atoms with Gasteiger partial charge in [-0.1, -0.05) is 44.2 Å². The molecule has 0 unspecified atom stereocenters. The van der Waals surface area contributed by atoms with Gasteiger partial charge in [-0.15, -0.1) is 0 Å². The average Bonchev–Trinajstić information content (AvgIpc) is 3.26. The largest absolute Gasteiger partial charge is 0.324 e. The molecular weight excluding hydrogens is 384 g/mol. The molecule has 5 heteroatoms. The second kappa shape index (κ2) is 7.63. The molecule has 5 nitrogen and oxygen atoms in total. The Morgan fingerprint density at radius 3 is 2.42 bits per heavy atom. The van der Waals surface area contributed by atoms with Crippen LogP contribution in [0.1, 0.15) is 50.1 Å². The highest BCUT2D eigenvalue weighted by molar-refractivity contribution is 5.94. The zero-order chi connectivity index (χ0) is 21.6. The number of hydrogen-bond acceptors (Lipinski definition) is 3. The normalized spacial score (nSPS) is 22.2. The van der Waals surface area contributed by atoms with Crippen molar-refractivity contribution in [2.75, 3.05) is 37.6 Å². The van der Waals surface area contributed by atoms with Crippen molar-refractivity contribution in [3.8, 4) is 0 Å². The number of likely N-dealkylation sites (tertiary alicyclic amines) is 2. The molecule has 4 heterocycles. The summed E-state index contributed by atoms with van der Waals surface area (Å²) in [6.07, 6.45) is 3.48. The number of rotatable bonds is 2. The lowest BCUT2D eigenvalue weighted by Gasteiger charge is -2.40. The first kappa shape index (κ1) is 20.5. The maximum Gasteiger partial charge on any atom is 0.324 e. The number of benzene rings is 1. The molecule has 1 aromatic heterocycles. The number of piperidine rings is 1. The summed E-state index contributed by atoms with van der Waals surface area (Å²) in [5, 5.41) is 0. The fraction of sp³-hybridized carbons (Fsp3) is 0.538. The van der Waals surface area contributed by atoms with Gasteiger partial charge in [0.25, 0.3) is 0 Å². The lowest BCUT2D eigenvalue weighted by Crippen LogP contribution is -2.50. The molecule has 0 N–H and O–H groups in total. The summed E-state index contributed by atoms with van der Waals surface area (Å²) < 4.78 is 0. The standard InChI is InChI=1S/C26H34N4O/c1-20-9-10-22-23(27-20)25(2,3)18-30(22)24(31)29-15-12-26(13-16-29)11-14-28(19-26)17-21-7-5-4-6-8-21/h4-10H,11-19H2,1-3H3. The number of amides is 2. The van der Waals surface area contributed by atoms with Gasteiger partial charge in [0, 0.05) is 43.8 Å². The number of aryl methyl sites for hydroxylation is 1. The molecule has 2 amide bonds. The Labute approximate surface area is 186 Å². The van der Waals surface area contributed by atoms with Gasteiger partial charge in [0.2, 0.25) is 0 Å². The average molecular weight is 419 g/mol. The predicted octanol–water partition coefficient (Wildman–Crippen LogP) is 4.60. The van der Waals surface area contributed by atoms with Gasteiger partial charge in [0.15, 0.2) is 0 Å². The smallest absolute Gasteiger partial charge is 0.324 e. The van der Waals surface area contributed by atoms with Gasteiger partial charge in [-0.3, -0.25) is 14.8 Å². The molecule has 2 aromatic rings. The lowest BCUT2D eigenvalue weighted by molar-refractivity contribution is 0.121. The summed E-state index contributed by atoms with van der Waals surface area (Å²) in [5.74, 6) is 0. The van der Waals surface area contributed by atoms with E-state index in [4.69, 9.17) is 4.98 Å². The van der Waals surface area contributed by atoms with Crippen molar-refractivity contribution in [3.63, 3.8) is 0 Å². The second-order valence-corrected chi connectivity index (χ2v) is 10.5. The highest BCUT2D eigenvalue weighted by Crippen LogP contribution is 2.43. The molecule has 1 spiro atoms. The van der Waals surface area contributed by atoms with Crippen LogP contribution in [0.25, 0.3) is 0 Å². The number of urea groups is 1. The Morgan fingerprint density at radius 2 is 1.68 bits per heavy atom. The third-order valence-corrected chi connectivity index (χ3v) is 7.59. The van der Waals surface area contributed by atoms with Crippen molar-refractivity contribution >= 4 is 11.7 Å². The summed E-state index contributed by atoms with van der Waals surface area (Å²) in [4.78, 5) is 24.9. The lowest BCUT2D eigenvalue weighted by atomic mass is 9.78. The maximum absolute atomic E-state index is 13.5. The summed E-state index contributed by atoms with van der Waals surface area (Å²) in [6.45, 7) is 12.2. The predicted molar refractivity (Wildman–Crippen MR) is 124 cm³/mol. The minimum Gasteiger partial charge on any atom is -0.324 e. The molecule has 3 aliphatic heterocycles. The van der Waals surface area contributed by atoms with Crippen LogP contribution in [0.5, 0.6) is 0 Å². The zero-order valence-electron chi connectivity index (χ0n) is 19.1. The number of carbonyl (C=O) groups excluding carboxylic acids is 1. The molecule has 31 heavy (non-hydrogen) atoms. The van der Waals surface area contributed by atoms with Crippen LogP contribution < -0.4 is 4.90 Å². The minimum atomic E-state index is -0.0998. The summed E-state index contributed by atoms with van der Waals surface area (Å²) in [7, 11) is 0. The molecule has 1 aromatic carbocycles. The summed E-state index contributed by atoms with van der Waals surface area (Å²) in [6, 6.07) is 15.0. The van der Waals surface area contributed by atoms with Gasteiger partial charge in [0.1, 0.15) is 0 Å². The second-order valence-electron chi connectivity index (χ2n) is 10.5. The highest BCUT2D eigenvalue weighted by Gasteiger charge is 2.44. The molecule has 0 saturated carbocycles. The van der Waals surface area contributed by atoms with Gasteiger partial charge in [-0.05, 0) is 55.8 Å². The fourth-order valence-electron chi connectivity index (χ4n) is 5.75. The Bertz CT molecular complexity index is 963. The first-order valence-corrected chi connectivity index (χ1v) is 11.7. The van der Waals surface area contributed by atoms with E-state index in [9.17, 15) is 4.79 Å². The molecule has 2 saturated heterocycles. The van der Waals surface area contributed by atoms with Crippen molar-refractivity contribution in [3.05, 3.63) is 59.4 Å². The number of nitrogens with zero attached hydrogens (tertiary/aromatic N) is 4. The Hall–Kier alpha value is -2.40. The van der Waals surface area contributed by atoms with E-state index in [1.165, 1.54) is 18.5 Å². The minimum absolute atomic E-state index is 0.0998. The number of fused-ring (bicyclic) bond motifs is 1. The van der Waals surface area contributed by atoms with Gasteiger partial charge in [-0.25, -0.2) is 4.79 Å². The van der Waals surface area contributed by atoms with Gasteiger partial charge in [0.05, 0.1) is 11.4 Å². The van der Waals surface area contributed by atoms with Crippen molar-refractivity contribution in [2.24, 2.45) is 5.41 Å². The van der Waals surface area contributed by atoms with E-state index in [1.807, 2.05) is 17.9 Å². The van der Waals surface area contributed by atoms with E-state index in [0.717, 1.165) is 56.1 Å². The van der Waals surface area contributed by atoms with Crippen LogP contribution in [0, 0.1) is 12.3 Å². The van der Waals surface area contributed by atoms with Crippen LogP contribution >= 0.6 is 0 Å². The molecule has 5 rings (SSSR count). The molecule has 0 radical (unpaired) electrons. The van der Waals surface area contributed by atoms with E-state index >= 15 is 0 Å². The van der Waals surface area contributed by atoms with Crippen molar-refractivity contribution < 1.29 is 4.79 Å². The fourth-order valence-corrected chi connectivity index (χ4v) is 5.75. The van der Waals surface area contributed by atoms with E-state index in [1.54, 1.807) is 0 Å². The molecule has 0 bridgehead atoms. The number of anilines is 1. The van der Waals surface area contributed by atoms with Crippen molar-refractivity contribution in [1.82, 2.24) is 14.8 Å². The molecular formula is C26H34N4O. The van der Waals surface area contributed by atoms with Crippen LogP contribution in [0.15, 0.2) is 42.5 Å². The number of aromatic nitrogens is 1. The van der Waals surface area contributed by atoms with Crippen LogP contribution in [0.2, 0.25) is 0 Å². The number of carbonyl (C=O) groups is 1. The van der Waals surface area contributed by atoms with Crippen LogP contribution in [0.3, 0.4) is 0 Å². The number of hydrogen-bond donors (Lipinski definition) is 0. The zero-order valence-corrected chi connectivity index (χ0v) is 19.1. The topological polar surface area (TPSA) is 39.7 Å². The van der Waals surface area contributed by atoms with Crippen LogP contribution in [-0.2, 0) is 12.0 Å². The monoisotopic (exact) mass is 418 g/mol. The Morgan fingerprint density at radius 1 is 0.968 bits per heavy atom. The SMILES string of the molecule is Cc1ccc2c(n1)C(C)(C)CN2C(=O)N1CCC2(CCN(Cc3ccccc3)C2)CC1. The van der Waals surface area contributed by atoms with E-state index in [2.05, 4.69) is 60.0 Å². The Kier molecular flexibility index (Phi) is 5.04. The third kappa shape index (κ3) is 3.84. The van der Waals surface area contributed by atoms with E-state index < -0.39 is 0 Å². The molecule has 164 valence electrons. The maximum atomic E-state index is 13.5. The molecule has 2 fully saturated rings. The first-order valence-electron chi connectivity index (χ1n) is 11.7. The third-order valence-electron chi connectivity index (χ3n) is 7.59. The van der Waals surface area contributed by atoms with Crippen molar-refractivity contribution in [2.45, 2.75) is 52.0 Å². The van der Waals surface area contributed by atoms with E-state index in [-0.39, 0.29) is 11.4 Å². The van der Waals surface area contributed by atoms with Crippen LogP contribution in [-0.4, -0.2) is 53.5 Å². The summed E-state index contributed by atoms with van der Waals surface area (Å²) >= 11 is 0. The van der Waals surface area contributed by atoms with Crippen molar-refractivity contribution in [1.29, 1.82) is 0 Å². The van der Waals surface area contributed by atoms with Gasteiger partial charge in [-0.2, -0.15) is 0 Å². The number of pyridine rings is 1. The highest BCUT2D eigenvalue weighted by atomic mass is 16.2. The quantitative estimate of drug-likeness (QED) is 0.716. The van der Waals surface area contributed by atoms with Gasteiger partial charge >= 0.3 is 6.03 Å². The van der Waals surface area contributed by atoms with Crippen LogP contribution in [0.4, 0.5) is 10.5 Å². The first-order chi connectivity index (χ1) is 14.9. The Balaban J connectivity index is 1.22. The molecule has 0 atom stereocenters. The van der Waals surface area contributed by atoms with Gasteiger partial charge < -0.3 is 4.90 Å².